The first-order chi connectivity index (χ1) is 9.36. The number of nitrogens with one attached hydrogen (secondary N) is 1. The molecule has 3 rings (SSSR count). The monoisotopic (exact) mass is 262 g/mol. The molecule has 1 atom stereocenters. The smallest absolute Gasteiger partial charge is 0.119 e. The van der Waals surface area contributed by atoms with E-state index in [9.17, 15) is 0 Å². The van der Waals surface area contributed by atoms with Crippen molar-refractivity contribution in [2.24, 2.45) is 11.8 Å². The Bertz CT molecular complexity index is 397. The molecule has 4 nitrogen and oxygen atoms in total. The lowest BCUT2D eigenvalue weighted by molar-refractivity contribution is 0.0536. The molecule has 1 saturated carbocycles. The highest BCUT2D eigenvalue weighted by Crippen LogP contribution is 2.31. The number of rotatable bonds is 5. The van der Waals surface area contributed by atoms with Gasteiger partial charge in [-0.1, -0.05) is 12.1 Å². The fraction of sp³-hybridized carbons (Fsp3) is 0.600. The third kappa shape index (κ3) is 3.26. The van der Waals surface area contributed by atoms with Crippen LogP contribution in [0.25, 0.3) is 0 Å². The number of hydrogen-bond donors (Lipinski definition) is 2. The van der Waals surface area contributed by atoms with Crippen LogP contribution < -0.4 is 16.0 Å². The van der Waals surface area contributed by atoms with Crippen LogP contribution in [0.3, 0.4) is 0 Å². The molecule has 2 fully saturated rings. The van der Waals surface area contributed by atoms with Crippen LogP contribution in [0.15, 0.2) is 24.3 Å². The molecule has 4 heteroatoms. The first-order valence-corrected chi connectivity index (χ1v) is 7.17. The molecule has 104 valence electrons. The maximum Gasteiger partial charge on any atom is 0.119 e. The van der Waals surface area contributed by atoms with Crippen LogP contribution in [0.5, 0.6) is 5.75 Å². The molecular formula is C15H22N2O2. The van der Waals surface area contributed by atoms with Crippen molar-refractivity contribution >= 4 is 0 Å². The molecule has 1 aliphatic carbocycles. The summed E-state index contributed by atoms with van der Waals surface area (Å²) in [5.41, 5.74) is 4.20. The van der Waals surface area contributed by atoms with Gasteiger partial charge in [-0.05, 0) is 49.3 Å². The Balaban J connectivity index is 1.67. The van der Waals surface area contributed by atoms with Gasteiger partial charge >= 0.3 is 0 Å². The van der Waals surface area contributed by atoms with E-state index in [-0.39, 0.29) is 6.04 Å². The van der Waals surface area contributed by atoms with E-state index in [1.807, 2.05) is 0 Å². The molecule has 19 heavy (non-hydrogen) atoms. The van der Waals surface area contributed by atoms with Crippen LogP contribution in [-0.4, -0.2) is 19.3 Å². The molecule has 0 spiro atoms. The first kappa shape index (κ1) is 12.9. The van der Waals surface area contributed by atoms with Gasteiger partial charge in [-0.15, -0.1) is 0 Å². The molecule has 0 aromatic heterocycles. The molecule has 0 bridgehead atoms. The van der Waals surface area contributed by atoms with Gasteiger partial charge in [0.25, 0.3) is 0 Å². The lowest BCUT2D eigenvalue weighted by Crippen LogP contribution is -2.36. The summed E-state index contributed by atoms with van der Waals surface area (Å²) >= 11 is 0. The van der Waals surface area contributed by atoms with Gasteiger partial charge < -0.3 is 9.47 Å². The van der Waals surface area contributed by atoms with Crippen molar-refractivity contribution in [2.45, 2.75) is 37.8 Å². The standard InChI is InChI=1S/C15H22N2O2/c16-17-15(12-7-9-18-10-8-12)11-1-3-13(4-2-11)19-14-5-6-14/h1-4,12,14-15,17H,5-10,16H2. The number of nitrogens with two attached hydrogens (primary N) is 1. The van der Waals surface area contributed by atoms with E-state index in [1.165, 1.54) is 18.4 Å². The van der Waals surface area contributed by atoms with E-state index in [4.69, 9.17) is 15.3 Å². The van der Waals surface area contributed by atoms with Gasteiger partial charge in [0.2, 0.25) is 0 Å². The maximum absolute atomic E-state index is 5.77. The average Bonchev–Trinajstić information content (AvgIpc) is 3.27. The molecule has 1 unspecified atom stereocenters. The fourth-order valence-corrected chi connectivity index (χ4v) is 2.69. The molecule has 1 aromatic rings. The Hall–Kier alpha value is -1.10. The summed E-state index contributed by atoms with van der Waals surface area (Å²) in [6, 6.07) is 8.56. The van der Waals surface area contributed by atoms with Gasteiger partial charge in [0.15, 0.2) is 0 Å². The van der Waals surface area contributed by atoms with Crippen LogP contribution in [0.2, 0.25) is 0 Å². The highest BCUT2D eigenvalue weighted by molar-refractivity contribution is 5.30. The molecule has 1 aliphatic heterocycles. The van der Waals surface area contributed by atoms with Crippen molar-refractivity contribution in [3.63, 3.8) is 0 Å². The zero-order valence-electron chi connectivity index (χ0n) is 11.2. The summed E-state index contributed by atoms with van der Waals surface area (Å²) in [6.07, 6.45) is 4.96. The minimum absolute atomic E-state index is 0.207. The number of benzene rings is 1. The van der Waals surface area contributed by atoms with E-state index in [0.717, 1.165) is 31.8 Å². The Morgan fingerprint density at radius 2 is 1.79 bits per heavy atom. The lowest BCUT2D eigenvalue weighted by Gasteiger charge is -2.30. The molecule has 1 aromatic carbocycles. The van der Waals surface area contributed by atoms with Crippen LogP contribution >= 0.6 is 0 Å². The predicted octanol–water partition coefficient (Wildman–Crippen LogP) is 2.16. The Labute approximate surface area is 114 Å². The van der Waals surface area contributed by atoms with Crippen LogP contribution in [0, 0.1) is 5.92 Å². The fourth-order valence-electron chi connectivity index (χ4n) is 2.69. The normalized spacial score (nSPS) is 22.2. The third-order valence-electron chi connectivity index (χ3n) is 3.98. The summed E-state index contributed by atoms with van der Waals surface area (Å²) in [5.74, 6) is 7.26. The first-order valence-electron chi connectivity index (χ1n) is 7.17. The van der Waals surface area contributed by atoms with Crippen molar-refractivity contribution in [3.05, 3.63) is 29.8 Å². The second-order valence-electron chi connectivity index (χ2n) is 5.48. The maximum atomic E-state index is 5.77. The summed E-state index contributed by atoms with van der Waals surface area (Å²) in [7, 11) is 0. The summed E-state index contributed by atoms with van der Waals surface area (Å²) in [5, 5.41) is 0. The SMILES string of the molecule is NNC(c1ccc(OC2CC2)cc1)C1CCOCC1. The Kier molecular flexibility index (Phi) is 4.01. The summed E-state index contributed by atoms with van der Waals surface area (Å²) in [6.45, 7) is 1.68. The minimum atomic E-state index is 0.207. The highest BCUT2D eigenvalue weighted by atomic mass is 16.5. The van der Waals surface area contributed by atoms with Crippen molar-refractivity contribution in [1.82, 2.24) is 5.43 Å². The summed E-state index contributed by atoms with van der Waals surface area (Å²) in [4.78, 5) is 0. The molecule has 2 aliphatic rings. The van der Waals surface area contributed by atoms with E-state index >= 15 is 0 Å². The van der Waals surface area contributed by atoms with Crippen molar-refractivity contribution < 1.29 is 9.47 Å². The highest BCUT2D eigenvalue weighted by Gasteiger charge is 2.25. The van der Waals surface area contributed by atoms with Gasteiger partial charge in [0.1, 0.15) is 5.75 Å². The largest absolute Gasteiger partial charge is 0.490 e. The van der Waals surface area contributed by atoms with Crippen LogP contribution in [0.1, 0.15) is 37.3 Å². The number of hydrogen-bond acceptors (Lipinski definition) is 4. The predicted molar refractivity (Wildman–Crippen MR) is 73.7 cm³/mol. The van der Waals surface area contributed by atoms with Crippen molar-refractivity contribution in [3.8, 4) is 5.75 Å². The van der Waals surface area contributed by atoms with E-state index in [2.05, 4.69) is 29.7 Å². The van der Waals surface area contributed by atoms with Gasteiger partial charge in [-0.3, -0.25) is 11.3 Å². The Morgan fingerprint density at radius 1 is 1.11 bits per heavy atom. The zero-order chi connectivity index (χ0) is 13.1. The van der Waals surface area contributed by atoms with Gasteiger partial charge in [-0.25, -0.2) is 0 Å². The molecule has 0 amide bonds. The Morgan fingerprint density at radius 3 is 2.37 bits per heavy atom. The molecule has 1 saturated heterocycles. The molecule has 1 heterocycles. The minimum Gasteiger partial charge on any atom is -0.490 e. The molecule has 3 N–H and O–H groups in total. The van der Waals surface area contributed by atoms with Crippen molar-refractivity contribution in [1.29, 1.82) is 0 Å². The second-order valence-corrected chi connectivity index (χ2v) is 5.48. The lowest BCUT2D eigenvalue weighted by atomic mass is 9.87. The molecule has 0 radical (unpaired) electrons. The van der Waals surface area contributed by atoms with Crippen LogP contribution in [-0.2, 0) is 4.74 Å². The quantitative estimate of drug-likeness (QED) is 0.630. The summed E-state index contributed by atoms with van der Waals surface area (Å²) < 4.78 is 11.2. The third-order valence-corrected chi connectivity index (χ3v) is 3.98. The van der Waals surface area contributed by atoms with E-state index in [0.29, 0.717) is 12.0 Å². The molecular weight excluding hydrogens is 240 g/mol. The average molecular weight is 262 g/mol. The van der Waals surface area contributed by atoms with Gasteiger partial charge in [0, 0.05) is 19.3 Å². The topological polar surface area (TPSA) is 56.5 Å². The number of hydrazine groups is 1. The second kappa shape index (κ2) is 5.90. The zero-order valence-corrected chi connectivity index (χ0v) is 11.2. The van der Waals surface area contributed by atoms with E-state index < -0.39 is 0 Å². The van der Waals surface area contributed by atoms with Crippen LogP contribution in [0.4, 0.5) is 0 Å². The van der Waals surface area contributed by atoms with E-state index in [1.54, 1.807) is 0 Å². The number of ether oxygens (including phenoxy) is 2. The van der Waals surface area contributed by atoms with Gasteiger partial charge in [-0.2, -0.15) is 0 Å². The van der Waals surface area contributed by atoms with Crippen molar-refractivity contribution in [2.75, 3.05) is 13.2 Å². The van der Waals surface area contributed by atoms with Gasteiger partial charge in [0.05, 0.1) is 6.10 Å².